The highest BCUT2D eigenvalue weighted by molar-refractivity contribution is 5.88. The van der Waals surface area contributed by atoms with Crippen LogP contribution in [0.3, 0.4) is 0 Å². The van der Waals surface area contributed by atoms with Crippen molar-refractivity contribution in [3.63, 3.8) is 0 Å². The Hall–Kier alpha value is -1.73. The summed E-state index contributed by atoms with van der Waals surface area (Å²) in [5.41, 5.74) is 2.23. The van der Waals surface area contributed by atoms with E-state index in [1.54, 1.807) is 12.4 Å². The fraction of sp³-hybridized carbons (Fsp3) is 0.333. The first-order chi connectivity index (χ1) is 7.07. The Morgan fingerprint density at radius 2 is 2.07 bits per heavy atom. The molecule has 3 heteroatoms. The number of nitrogens with zero attached hydrogens (tertiary/aromatic N) is 3. The monoisotopic (exact) mass is 199 g/mol. The van der Waals surface area contributed by atoms with E-state index in [1.807, 2.05) is 6.20 Å². The van der Waals surface area contributed by atoms with E-state index in [0.717, 1.165) is 5.56 Å². The van der Waals surface area contributed by atoms with Gasteiger partial charge in [0.2, 0.25) is 0 Å². The van der Waals surface area contributed by atoms with Gasteiger partial charge in [-0.3, -0.25) is 4.99 Å². The number of aliphatic imine (C=N–C) groups is 2. The number of rotatable bonds is 0. The highest BCUT2D eigenvalue weighted by Crippen LogP contribution is 2.25. The molecule has 0 saturated heterocycles. The molecule has 0 fully saturated rings. The van der Waals surface area contributed by atoms with E-state index in [-0.39, 0.29) is 5.41 Å². The second kappa shape index (κ2) is 3.44. The van der Waals surface area contributed by atoms with E-state index in [9.17, 15) is 0 Å². The second-order valence-corrected chi connectivity index (χ2v) is 4.53. The smallest absolute Gasteiger partial charge is 0.170 e. The van der Waals surface area contributed by atoms with Crippen LogP contribution in [0.25, 0.3) is 0 Å². The minimum atomic E-state index is 0.0965. The summed E-state index contributed by atoms with van der Waals surface area (Å²) in [5, 5.41) is 0. The quantitative estimate of drug-likeness (QED) is 0.632. The summed E-state index contributed by atoms with van der Waals surface area (Å²) in [6.45, 7) is 6.48. The van der Waals surface area contributed by atoms with Gasteiger partial charge in [-0.25, -0.2) is 4.98 Å². The van der Waals surface area contributed by atoms with Crippen LogP contribution in [0.2, 0.25) is 0 Å². The lowest BCUT2D eigenvalue weighted by Crippen LogP contribution is -2.11. The molecule has 0 unspecified atom stereocenters. The van der Waals surface area contributed by atoms with Gasteiger partial charge in [-0.2, -0.15) is 4.99 Å². The Morgan fingerprint density at radius 3 is 2.80 bits per heavy atom. The minimum absolute atomic E-state index is 0.0965. The number of pyridine rings is 1. The Morgan fingerprint density at radius 1 is 1.27 bits per heavy atom. The molecule has 1 aromatic rings. The first kappa shape index (κ1) is 9.81. The molecular weight excluding hydrogens is 186 g/mol. The van der Waals surface area contributed by atoms with Crippen LogP contribution >= 0.6 is 0 Å². The van der Waals surface area contributed by atoms with Crippen LogP contribution in [0.5, 0.6) is 0 Å². The van der Waals surface area contributed by atoms with Gasteiger partial charge in [-0.15, -0.1) is 0 Å². The molecule has 0 spiro atoms. The number of hydrogen-bond acceptors (Lipinski definition) is 3. The molecule has 3 nitrogen and oxygen atoms in total. The highest BCUT2D eigenvalue weighted by Gasteiger charge is 2.15. The van der Waals surface area contributed by atoms with E-state index >= 15 is 0 Å². The third kappa shape index (κ3) is 2.03. The Balaban J connectivity index is 2.54. The lowest BCUT2D eigenvalue weighted by molar-refractivity contribution is 0.587. The maximum Gasteiger partial charge on any atom is 0.170 e. The molecule has 76 valence electrons. The summed E-state index contributed by atoms with van der Waals surface area (Å²) in [7, 11) is 0. The Labute approximate surface area is 89.3 Å². The third-order valence-corrected chi connectivity index (χ3v) is 2.28. The highest BCUT2D eigenvalue weighted by atomic mass is 14.9. The van der Waals surface area contributed by atoms with Crippen LogP contribution in [0.15, 0.2) is 28.4 Å². The van der Waals surface area contributed by atoms with E-state index < -0.39 is 0 Å². The van der Waals surface area contributed by atoms with Crippen molar-refractivity contribution in [3.05, 3.63) is 29.6 Å². The maximum absolute atomic E-state index is 4.31. The molecule has 0 amide bonds. The van der Waals surface area contributed by atoms with Crippen LogP contribution in [0.4, 0.5) is 5.82 Å². The van der Waals surface area contributed by atoms with Gasteiger partial charge in [0.25, 0.3) is 0 Å². The summed E-state index contributed by atoms with van der Waals surface area (Å²) in [6.07, 6.45) is 5.17. The van der Waals surface area contributed by atoms with Crippen LogP contribution in [0, 0.1) is 0 Å². The molecule has 0 radical (unpaired) electrons. The molecule has 0 saturated carbocycles. The predicted octanol–water partition coefficient (Wildman–Crippen LogP) is 2.63. The van der Waals surface area contributed by atoms with Crippen LogP contribution in [-0.2, 0) is 5.41 Å². The van der Waals surface area contributed by atoms with Crippen LogP contribution in [0.1, 0.15) is 31.9 Å². The normalized spacial score (nSPS) is 13.8. The van der Waals surface area contributed by atoms with Crippen LogP contribution in [-0.4, -0.2) is 17.1 Å². The van der Waals surface area contributed by atoms with Crippen molar-refractivity contribution in [2.45, 2.75) is 26.2 Å². The molecule has 0 aromatic carbocycles. The first-order valence-electron chi connectivity index (χ1n) is 4.89. The molecule has 0 N–H and O–H groups in total. The summed E-state index contributed by atoms with van der Waals surface area (Å²) >= 11 is 0. The SMILES string of the molecule is CC(C)(C)c1cnc2c(c1)C=NC=C=N2. The molecule has 0 aliphatic carbocycles. The van der Waals surface area contributed by atoms with Gasteiger partial charge in [0, 0.05) is 23.8 Å². The molecule has 2 rings (SSSR count). The standard InChI is InChI=1S/C12H13N3/c1-12(2,3)10-6-9-7-13-4-5-14-11(9)15-8-10/h4,6-8H,1-3H3. The van der Waals surface area contributed by atoms with Gasteiger partial charge in [0.15, 0.2) is 5.82 Å². The van der Waals surface area contributed by atoms with Crippen LogP contribution < -0.4 is 0 Å². The molecule has 0 atom stereocenters. The molecule has 2 heterocycles. The fourth-order valence-corrected chi connectivity index (χ4v) is 1.31. The summed E-state index contributed by atoms with van der Waals surface area (Å²) in [5.74, 6) is 3.38. The van der Waals surface area contributed by atoms with Crippen molar-refractivity contribution in [1.82, 2.24) is 4.98 Å². The molecule has 0 bridgehead atoms. The Kier molecular flexibility index (Phi) is 2.25. The average Bonchev–Trinajstić information content (AvgIpc) is 2.39. The van der Waals surface area contributed by atoms with Gasteiger partial charge < -0.3 is 0 Å². The summed E-state index contributed by atoms with van der Waals surface area (Å²) in [4.78, 5) is 12.4. The molecule has 1 aliphatic rings. The topological polar surface area (TPSA) is 37.6 Å². The number of hydrogen-bond donors (Lipinski definition) is 0. The van der Waals surface area contributed by atoms with E-state index in [1.165, 1.54) is 5.56 Å². The fourth-order valence-electron chi connectivity index (χ4n) is 1.31. The largest absolute Gasteiger partial charge is 0.254 e. The van der Waals surface area contributed by atoms with Gasteiger partial charge in [-0.1, -0.05) is 20.8 Å². The van der Waals surface area contributed by atoms with Crippen molar-refractivity contribution in [2.24, 2.45) is 9.98 Å². The van der Waals surface area contributed by atoms with E-state index in [0.29, 0.717) is 5.82 Å². The third-order valence-electron chi connectivity index (χ3n) is 2.28. The average molecular weight is 199 g/mol. The molecule has 1 aromatic heterocycles. The van der Waals surface area contributed by atoms with E-state index in [4.69, 9.17) is 0 Å². The lowest BCUT2D eigenvalue weighted by atomic mass is 9.87. The minimum Gasteiger partial charge on any atom is -0.254 e. The number of fused-ring (bicyclic) bond motifs is 1. The second-order valence-electron chi connectivity index (χ2n) is 4.53. The number of aromatic nitrogens is 1. The van der Waals surface area contributed by atoms with Crippen molar-refractivity contribution in [2.75, 3.05) is 0 Å². The molecular formula is C12H13N3. The summed E-state index contributed by atoms with van der Waals surface area (Å²) in [6, 6.07) is 2.08. The zero-order valence-electron chi connectivity index (χ0n) is 9.15. The molecule has 15 heavy (non-hydrogen) atoms. The zero-order valence-corrected chi connectivity index (χ0v) is 9.15. The molecule has 1 aliphatic heterocycles. The summed E-state index contributed by atoms with van der Waals surface area (Å²) < 4.78 is 0. The van der Waals surface area contributed by atoms with Gasteiger partial charge in [0.05, 0.1) is 6.20 Å². The maximum atomic E-state index is 4.31. The Bertz CT molecular complexity index is 472. The van der Waals surface area contributed by atoms with Gasteiger partial charge in [-0.05, 0) is 17.0 Å². The van der Waals surface area contributed by atoms with E-state index in [2.05, 4.69) is 47.7 Å². The predicted molar refractivity (Wildman–Crippen MR) is 62.2 cm³/mol. The van der Waals surface area contributed by atoms with Crippen molar-refractivity contribution < 1.29 is 0 Å². The zero-order chi connectivity index (χ0) is 10.9. The first-order valence-corrected chi connectivity index (χ1v) is 4.89. The lowest BCUT2D eigenvalue weighted by Gasteiger charge is -2.18. The van der Waals surface area contributed by atoms with Crippen molar-refractivity contribution in [3.8, 4) is 0 Å². The van der Waals surface area contributed by atoms with Gasteiger partial charge >= 0.3 is 0 Å². The van der Waals surface area contributed by atoms with Gasteiger partial charge in [0.1, 0.15) is 0 Å². The van der Waals surface area contributed by atoms with Crippen molar-refractivity contribution >= 4 is 17.9 Å². The van der Waals surface area contributed by atoms with Crippen molar-refractivity contribution in [1.29, 1.82) is 0 Å².